The van der Waals surface area contributed by atoms with Crippen LogP contribution < -0.4 is 10.6 Å². The fourth-order valence-electron chi connectivity index (χ4n) is 2.66. The van der Waals surface area contributed by atoms with Crippen LogP contribution in [-0.2, 0) is 22.6 Å². The van der Waals surface area contributed by atoms with E-state index in [2.05, 4.69) is 22.5 Å². The van der Waals surface area contributed by atoms with Gasteiger partial charge in [-0.1, -0.05) is 11.3 Å². The van der Waals surface area contributed by atoms with Crippen molar-refractivity contribution in [2.45, 2.75) is 38.8 Å². The number of fused-ring (bicyclic) bond motifs is 1. The summed E-state index contributed by atoms with van der Waals surface area (Å²) in [6, 6.07) is 0.419. The number of hydrogen-bond donors (Lipinski definition) is 2. The first-order chi connectivity index (χ1) is 9.22. The van der Waals surface area contributed by atoms with Crippen LogP contribution in [-0.4, -0.2) is 30.1 Å². The molecule has 2 atom stereocenters. The number of thiazole rings is 1. The molecule has 0 aromatic carbocycles. The highest BCUT2D eigenvalue weighted by Gasteiger charge is 2.26. The molecule has 2 aliphatic rings. The standard InChI is InChI=1S/C13H19N3O2S/c1-8-6-9(2-4-14-8)12(17)16-13-15-10-3-5-18-7-11(10)19-13/h8-9,14H,2-7H2,1H3,(H,15,16,17)/t8-,9-/m0/s1. The van der Waals surface area contributed by atoms with Crippen LogP contribution in [0.1, 0.15) is 30.3 Å². The maximum absolute atomic E-state index is 12.2. The Labute approximate surface area is 116 Å². The molecule has 2 N–H and O–H groups in total. The Kier molecular flexibility index (Phi) is 3.81. The van der Waals surface area contributed by atoms with Gasteiger partial charge in [0.05, 0.1) is 23.8 Å². The summed E-state index contributed by atoms with van der Waals surface area (Å²) in [7, 11) is 0. The van der Waals surface area contributed by atoms with Crippen LogP contribution >= 0.6 is 11.3 Å². The van der Waals surface area contributed by atoms with Gasteiger partial charge in [0.2, 0.25) is 5.91 Å². The van der Waals surface area contributed by atoms with Gasteiger partial charge in [0.25, 0.3) is 0 Å². The van der Waals surface area contributed by atoms with E-state index in [1.165, 1.54) is 0 Å². The average Bonchev–Trinajstić information content (AvgIpc) is 2.80. The molecular formula is C13H19N3O2S. The lowest BCUT2D eigenvalue weighted by molar-refractivity contribution is -0.120. The first kappa shape index (κ1) is 13.0. The molecule has 2 aliphatic heterocycles. The fraction of sp³-hybridized carbons (Fsp3) is 0.692. The Morgan fingerprint density at radius 1 is 1.58 bits per heavy atom. The third kappa shape index (κ3) is 2.96. The molecule has 1 aromatic rings. The van der Waals surface area contributed by atoms with Crippen molar-refractivity contribution in [3.63, 3.8) is 0 Å². The lowest BCUT2D eigenvalue weighted by Gasteiger charge is -2.26. The highest BCUT2D eigenvalue weighted by molar-refractivity contribution is 7.15. The van der Waals surface area contributed by atoms with E-state index in [9.17, 15) is 4.79 Å². The van der Waals surface area contributed by atoms with E-state index in [0.717, 1.165) is 48.1 Å². The van der Waals surface area contributed by atoms with Crippen molar-refractivity contribution in [2.75, 3.05) is 18.5 Å². The number of anilines is 1. The third-order valence-corrected chi connectivity index (χ3v) is 4.71. The minimum atomic E-state index is 0.105. The van der Waals surface area contributed by atoms with Crippen molar-refractivity contribution in [1.82, 2.24) is 10.3 Å². The normalized spacial score (nSPS) is 26.8. The van der Waals surface area contributed by atoms with Gasteiger partial charge in [-0.25, -0.2) is 4.98 Å². The van der Waals surface area contributed by atoms with Crippen molar-refractivity contribution < 1.29 is 9.53 Å². The molecule has 104 valence electrons. The summed E-state index contributed by atoms with van der Waals surface area (Å²) >= 11 is 1.54. The van der Waals surface area contributed by atoms with Crippen molar-refractivity contribution in [1.29, 1.82) is 0 Å². The number of carbonyl (C=O) groups excluding carboxylic acids is 1. The Morgan fingerprint density at radius 2 is 2.47 bits per heavy atom. The van der Waals surface area contributed by atoms with Crippen LogP contribution in [0.15, 0.2) is 0 Å². The molecule has 0 bridgehead atoms. The summed E-state index contributed by atoms with van der Waals surface area (Å²) in [5.41, 5.74) is 1.09. The molecule has 0 saturated carbocycles. The van der Waals surface area contributed by atoms with Crippen molar-refractivity contribution in [3.8, 4) is 0 Å². The van der Waals surface area contributed by atoms with Crippen LogP contribution in [0.5, 0.6) is 0 Å². The number of piperidine rings is 1. The molecule has 3 rings (SSSR count). The second kappa shape index (κ2) is 5.56. The van der Waals surface area contributed by atoms with Gasteiger partial charge in [-0.2, -0.15) is 0 Å². The summed E-state index contributed by atoms with van der Waals surface area (Å²) < 4.78 is 5.39. The molecular weight excluding hydrogens is 262 g/mol. The molecule has 0 aliphatic carbocycles. The summed E-state index contributed by atoms with van der Waals surface area (Å²) in [5.74, 6) is 0.216. The van der Waals surface area contributed by atoms with Gasteiger partial charge in [0.15, 0.2) is 5.13 Å². The van der Waals surface area contributed by atoms with E-state index < -0.39 is 0 Å². The van der Waals surface area contributed by atoms with Crippen LogP contribution in [0, 0.1) is 5.92 Å². The summed E-state index contributed by atoms with van der Waals surface area (Å²) in [6.07, 6.45) is 2.66. The number of nitrogens with one attached hydrogen (secondary N) is 2. The molecule has 1 amide bonds. The summed E-state index contributed by atoms with van der Waals surface area (Å²) in [4.78, 5) is 17.9. The lowest BCUT2D eigenvalue weighted by atomic mass is 9.92. The fourth-order valence-corrected chi connectivity index (χ4v) is 3.60. The van der Waals surface area contributed by atoms with Gasteiger partial charge < -0.3 is 15.4 Å². The minimum absolute atomic E-state index is 0.105. The Bertz CT molecular complexity index is 451. The van der Waals surface area contributed by atoms with Gasteiger partial charge >= 0.3 is 0 Å². The molecule has 5 nitrogen and oxygen atoms in total. The zero-order valence-corrected chi connectivity index (χ0v) is 11.9. The molecule has 3 heterocycles. The number of nitrogens with zero attached hydrogens (tertiary/aromatic N) is 1. The quantitative estimate of drug-likeness (QED) is 0.863. The molecule has 0 unspecified atom stereocenters. The largest absolute Gasteiger partial charge is 0.375 e. The summed E-state index contributed by atoms with van der Waals surface area (Å²) in [5, 5.41) is 7.06. The molecule has 6 heteroatoms. The van der Waals surface area contributed by atoms with Crippen LogP contribution in [0.25, 0.3) is 0 Å². The monoisotopic (exact) mass is 281 g/mol. The predicted molar refractivity (Wildman–Crippen MR) is 74.3 cm³/mol. The first-order valence-electron chi connectivity index (χ1n) is 6.83. The zero-order valence-electron chi connectivity index (χ0n) is 11.1. The van der Waals surface area contributed by atoms with Crippen molar-refractivity contribution in [2.24, 2.45) is 5.92 Å². The second-order valence-electron chi connectivity index (χ2n) is 5.26. The van der Waals surface area contributed by atoms with E-state index in [0.29, 0.717) is 12.6 Å². The predicted octanol–water partition coefficient (Wildman–Crippen LogP) is 1.54. The molecule has 1 fully saturated rings. The number of hydrogen-bond acceptors (Lipinski definition) is 5. The Balaban J connectivity index is 1.64. The van der Waals surface area contributed by atoms with E-state index in [1.54, 1.807) is 11.3 Å². The Morgan fingerprint density at radius 3 is 3.26 bits per heavy atom. The number of aromatic nitrogens is 1. The highest BCUT2D eigenvalue weighted by atomic mass is 32.1. The first-order valence-corrected chi connectivity index (χ1v) is 7.64. The van der Waals surface area contributed by atoms with E-state index in [-0.39, 0.29) is 11.8 Å². The third-order valence-electron chi connectivity index (χ3n) is 3.72. The SMILES string of the molecule is C[C@H]1C[C@@H](C(=O)Nc2nc3c(s2)COCC3)CCN1. The van der Waals surface area contributed by atoms with Crippen molar-refractivity contribution >= 4 is 22.4 Å². The van der Waals surface area contributed by atoms with Crippen LogP contribution in [0.2, 0.25) is 0 Å². The van der Waals surface area contributed by atoms with E-state index >= 15 is 0 Å². The minimum Gasteiger partial charge on any atom is -0.375 e. The average molecular weight is 281 g/mol. The van der Waals surface area contributed by atoms with Crippen molar-refractivity contribution in [3.05, 3.63) is 10.6 Å². The second-order valence-corrected chi connectivity index (χ2v) is 6.34. The maximum atomic E-state index is 12.2. The van der Waals surface area contributed by atoms with Crippen LogP contribution in [0.3, 0.4) is 0 Å². The molecule has 1 aromatic heterocycles. The van der Waals surface area contributed by atoms with Gasteiger partial charge in [-0.05, 0) is 26.3 Å². The number of rotatable bonds is 2. The number of ether oxygens (including phenoxy) is 1. The van der Waals surface area contributed by atoms with Crippen LogP contribution in [0.4, 0.5) is 5.13 Å². The smallest absolute Gasteiger partial charge is 0.229 e. The topological polar surface area (TPSA) is 63.2 Å². The van der Waals surface area contributed by atoms with Gasteiger partial charge in [0, 0.05) is 18.4 Å². The summed E-state index contributed by atoms with van der Waals surface area (Å²) in [6.45, 7) is 4.41. The Hall–Kier alpha value is -0.980. The van der Waals surface area contributed by atoms with E-state index in [1.807, 2.05) is 0 Å². The highest BCUT2D eigenvalue weighted by Crippen LogP contribution is 2.28. The van der Waals surface area contributed by atoms with Gasteiger partial charge in [-0.3, -0.25) is 4.79 Å². The number of carbonyl (C=O) groups is 1. The number of amides is 1. The molecule has 0 radical (unpaired) electrons. The van der Waals surface area contributed by atoms with Gasteiger partial charge in [-0.15, -0.1) is 0 Å². The lowest BCUT2D eigenvalue weighted by Crippen LogP contribution is -2.40. The van der Waals surface area contributed by atoms with E-state index in [4.69, 9.17) is 4.74 Å². The van der Waals surface area contributed by atoms with Gasteiger partial charge in [0.1, 0.15) is 0 Å². The maximum Gasteiger partial charge on any atom is 0.229 e. The molecule has 1 saturated heterocycles. The zero-order chi connectivity index (χ0) is 13.2. The molecule has 19 heavy (non-hydrogen) atoms. The molecule has 0 spiro atoms.